The Morgan fingerprint density at radius 2 is 2.04 bits per heavy atom. The van der Waals surface area contributed by atoms with Crippen LogP contribution in [0.25, 0.3) is 0 Å². The van der Waals surface area contributed by atoms with Crippen LogP contribution in [0, 0.1) is 0 Å². The van der Waals surface area contributed by atoms with Crippen LogP contribution in [-0.2, 0) is 11.2 Å². The third-order valence-electron chi connectivity index (χ3n) is 4.35. The highest BCUT2D eigenvalue weighted by Gasteiger charge is 2.27. The maximum Gasteiger partial charge on any atom is 0.322 e. The summed E-state index contributed by atoms with van der Waals surface area (Å²) in [6.07, 6.45) is 3.21. The molecule has 0 aliphatic carbocycles. The van der Waals surface area contributed by atoms with Crippen LogP contribution >= 0.6 is 0 Å². The molecule has 2 N–H and O–H groups in total. The van der Waals surface area contributed by atoms with Gasteiger partial charge in [-0.1, -0.05) is 18.2 Å². The Bertz CT molecular complexity index is 782. The number of pyridine rings is 1. The van der Waals surface area contributed by atoms with E-state index in [4.69, 9.17) is 4.74 Å². The summed E-state index contributed by atoms with van der Waals surface area (Å²) in [5.41, 5.74) is 1.59. The number of carbonyl (C=O) groups is 2. The minimum atomic E-state index is -0.191. The van der Waals surface area contributed by atoms with Crippen LogP contribution in [0.2, 0.25) is 0 Å². The first-order valence-electron chi connectivity index (χ1n) is 9.06. The van der Waals surface area contributed by atoms with Gasteiger partial charge in [0, 0.05) is 44.4 Å². The first-order chi connectivity index (χ1) is 13.1. The number of rotatable bonds is 6. The highest BCUT2D eigenvalue weighted by atomic mass is 16.5. The summed E-state index contributed by atoms with van der Waals surface area (Å²) in [5.74, 6) is 0.549. The van der Waals surface area contributed by atoms with Crippen LogP contribution in [0.15, 0.2) is 48.7 Å². The molecular weight excluding hydrogens is 344 g/mol. The standard InChI is InChI=1S/C20H24N4O3/c1-15(25)22-17-9-12-24(14-17)20(26)23-18-7-2-3-8-19(18)27-13-10-16-6-4-5-11-21-16/h2-8,11,17H,9-10,12-14H2,1H3,(H,22,25)(H,23,26)/t17-/m0/s1. The number of amides is 3. The van der Waals surface area contributed by atoms with Crippen molar-refractivity contribution in [3.8, 4) is 5.75 Å². The molecule has 1 aliphatic rings. The van der Waals surface area contributed by atoms with Gasteiger partial charge in [0.15, 0.2) is 0 Å². The molecule has 1 saturated heterocycles. The number of nitrogens with zero attached hydrogens (tertiary/aromatic N) is 2. The van der Waals surface area contributed by atoms with Gasteiger partial charge in [-0.2, -0.15) is 0 Å². The number of para-hydroxylation sites is 2. The number of benzene rings is 1. The Balaban J connectivity index is 1.54. The molecule has 142 valence electrons. The normalized spacial score (nSPS) is 16.0. The van der Waals surface area contributed by atoms with Crippen molar-refractivity contribution in [3.63, 3.8) is 0 Å². The molecule has 3 amide bonds. The lowest BCUT2D eigenvalue weighted by Crippen LogP contribution is -2.38. The molecule has 2 aromatic rings. The first-order valence-corrected chi connectivity index (χ1v) is 9.06. The van der Waals surface area contributed by atoms with Crippen LogP contribution in [0.4, 0.5) is 10.5 Å². The van der Waals surface area contributed by atoms with Gasteiger partial charge in [-0.05, 0) is 30.7 Å². The minimum absolute atomic E-state index is 0.0121. The lowest BCUT2D eigenvalue weighted by Gasteiger charge is -2.19. The molecule has 3 rings (SSSR count). The minimum Gasteiger partial charge on any atom is -0.491 e. The first kappa shape index (κ1) is 18.7. The lowest BCUT2D eigenvalue weighted by molar-refractivity contribution is -0.119. The van der Waals surface area contributed by atoms with E-state index in [1.807, 2.05) is 42.5 Å². The Hall–Kier alpha value is -3.09. The van der Waals surface area contributed by atoms with Crippen LogP contribution in [0.5, 0.6) is 5.75 Å². The SMILES string of the molecule is CC(=O)N[C@H]1CCN(C(=O)Nc2ccccc2OCCc2ccccn2)C1. The molecule has 7 nitrogen and oxygen atoms in total. The highest BCUT2D eigenvalue weighted by molar-refractivity contribution is 5.91. The number of anilines is 1. The number of likely N-dealkylation sites (tertiary alicyclic amines) is 1. The molecule has 0 radical (unpaired) electrons. The molecule has 1 atom stereocenters. The van der Waals surface area contributed by atoms with Crippen LogP contribution < -0.4 is 15.4 Å². The number of hydrogen-bond acceptors (Lipinski definition) is 4. The van der Waals surface area contributed by atoms with Crippen molar-refractivity contribution in [2.45, 2.75) is 25.8 Å². The zero-order valence-electron chi connectivity index (χ0n) is 15.4. The van der Waals surface area contributed by atoms with E-state index in [0.29, 0.717) is 37.6 Å². The summed E-state index contributed by atoms with van der Waals surface area (Å²) in [6.45, 7) is 3.08. The Morgan fingerprint density at radius 3 is 2.81 bits per heavy atom. The fourth-order valence-corrected chi connectivity index (χ4v) is 3.05. The number of nitrogens with one attached hydrogen (secondary N) is 2. The molecule has 1 fully saturated rings. The average Bonchev–Trinajstić information content (AvgIpc) is 3.12. The molecule has 27 heavy (non-hydrogen) atoms. The van der Waals surface area contributed by atoms with E-state index in [1.165, 1.54) is 6.92 Å². The average molecular weight is 368 g/mol. The van der Waals surface area contributed by atoms with Crippen LogP contribution in [0.3, 0.4) is 0 Å². The molecule has 0 spiro atoms. The van der Waals surface area contributed by atoms with Gasteiger partial charge >= 0.3 is 6.03 Å². The largest absolute Gasteiger partial charge is 0.491 e. The second kappa shape index (κ2) is 9.02. The lowest BCUT2D eigenvalue weighted by atomic mass is 10.2. The van der Waals surface area contributed by atoms with E-state index in [9.17, 15) is 9.59 Å². The van der Waals surface area contributed by atoms with E-state index in [1.54, 1.807) is 11.1 Å². The summed E-state index contributed by atoms with van der Waals surface area (Å²) < 4.78 is 5.85. The van der Waals surface area contributed by atoms with Gasteiger partial charge in [0.2, 0.25) is 5.91 Å². The van der Waals surface area contributed by atoms with Crippen LogP contribution in [0.1, 0.15) is 19.0 Å². The molecule has 1 aromatic heterocycles. The maximum absolute atomic E-state index is 12.5. The van der Waals surface area contributed by atoms with Gasteiger partial charge in [0.1, 0.15) is 5.75 Å². The van der Waals surface area contributed by atoms with E-state index in [0.717, 1.165) is 12.1 Å². The van der Waals surface area contributed by atoms with Crippen molar-refractivity contribution in [1.29, 1.82) is 0 Å². The number of hydrogen-bond donors (Lipinski definition) is 2. The molecule has 1 aliphatic heterocycles. The molecule has 0 unspecified atom stereocenters. The third-order valence-corrected chi connectivity index (χ3v) is 4.35. The van der Waals surface area contributed by atoms with Gasteiger partial charge in [0.05, 0.1) is 12.3 Å². The Labute approximate surface area is 158 Å². The second-order valence-corrected chi connectivity index (χ2v) is 6.48. The summed E-state index contributed by atoms with van der Waals surface area (Å²) >= 11 is 0. The number of urea groups is 1. The fraction of sp³-hybridized carbons (Fsp3) is 0.350. The smallest absolute Gasteiger partial charge is 0.322 e. The van der Waals surface area contributed by atoms with Gasteiger partial charge in [-0.3, -0.25) is 9.78 Å². The number of carbonyl (C=O) groups excluding carboxylic acids is 2. The van der Waals surface area contributed by atoms with E-state index in [-0.39, 0.29) is 18.0 Å². The molecule has 0 saturated carbocycles. The Morgan fingerprint density at radius 1 is 1.22 bits per heavy atom. The van der Waals surface area contributed by atoms with E-state index >= 15 is 0 Å². The topological polar surface area (TPSA) is 83.6 Å². The summed E-state index contributed by atoms with van der Waals surface area (Å²) in [6, 6.07) is 13.0. The zero-order chi connectivity index (χ0) is 19.1. The van der Waals surface area contributed by atoms with Gasteiger partial charge in [-0.15, -0.1) is 0 Å². The molecule has 0 bridgehead atoms. The van der Waals surface area contributed by atoms with Crippen molar-refractivity contribution in [3.05, 3.63) is 54.4 Å². The molecular formula is C20H24N4O3. The van der Waals surface area contributed by atoms with Crippen molar-refractivity contribution < 1.29 is 14.3 Å². The van der Waals surface area contributed by atoms with Crippen molar-refractivity contribution >= 4 is 17.6 Å². The van der Waals surface area contributed by atoms with E-state index in [2.05, 4.69) is 15.6 Å². The van der Waals surface area contributed by atoms with Gasteiger partial charge in [-0.25, -0.2) is 4.79 Å². The third kappa shape index (κ3) is 5.44. The molecule has 2 heterocycles. The van der Waals surface area contributed by atoms with Crippen molar-refractivity contribution in [2.75, 3.05) is 25.0 Å². The quantitative estimate of drug-likeness (QED) is 0.820. The summed E-state index contributed by atoms with van der Waals surface area (Å²) in [7, 11) is 0. The highest BCUT2D eigenvalue weighted by Crippen LogP contribution is 2.25. The number of aromatic nitrogens is 1. The van der Waals surface area contributed by atoms with Crippen LogP contribution in [-0.4, -0.2) is 47.6 Å². The molecule has 7 heteroatoms. The van der Waals surface area contributed by atoms with Gasteiger partial charge in [0.25, 0.3) is 0 Å². The van der Waals surface area contributed by atoms with Crippen molar-refractivity contribution in [2.24, 2.45) is 0 Å². The second-order valence-electron chi connectivity index (χ2n) is 6.48. The zero-order valence-corrected chi connectivity index (χ0v) is 15.4. The maximum atomic E-state index is 12.5. The summed E-state index contributed by atoms with van der Waals surface area (Å²) in [5, 5.41) is 5.76. The van der Waals surface area contributed by atoms with E-state index < -0.39 is 0 Å². The number of ether oxygens (including phenoxy) is 1. The van der Waals surface area contributed by atoms with Gasteiger partial charge < -0.3 is 20.3 Å². The molecule has 1 aromatic carbocycles. The van der Waals surface area contributed by atoms with Crippen molar-refractivity contribution in [1.82, 2.24) is 15.2 Å². The predicted octanol–water partition coefficient (Wildman–Crippen LogP) is 2.45. The fourth-order valence-electron chi connectivity index (χ4n) is 3.05. The monoisotopic (exact) mass is 368 g/mol. The Kier molecular flexibility index (Phi) is 6.25. The predicted molar refractivity (Wildman–Crippen MR) is 103 cm³/mol. The summed E-state index contributed by atoms with van der Waals surface area (Å²) in [4.78, 5) is 29.7.